The van der Waals surface area contributed by atoms with Gasteiger partial charge in [-0.05, 0) is 31.1 Å². The first-order valence-electron chi connectivity index (χ1n) is 26.8. The largest absolute Gasteiger partial charge is 0.462 e. The van der Waals surface area contributed by atoms with Crippen LogP contribution in [0.2, 0.25) is 0 Å². The number of hydrogen-bond donors (Lipinski definition) is 0. The van der Waals surface area contributed by atoms with Gasteiger partial charge in [0.05, 0.1) is 0 Å². The topological polar surface area (TPSA) is 78.9 Å². The molecule has 0 amide bonds. The monoisotopic (exact) mass is 849 g/mol. The maximum absolute atomic E-state index is 12.8. The molecular formula is C54H104O6. The molecule has 6 heteroatoms. The summed E-state index contributed by atoms with van der Waals surface area (Å²) in [5, 5.41) is 0. The second-order valence-electron chi connectivity index (χ2n) is 19.2. The molecule has 0 heterocycles. The van der Waals surface area contributed by atoms with Gasteiger partial charge >= 0.3 is 17.9 Å². The highest BCUT2D eigenvalue weighted by Crippen LogP contribution is 2.18. The molecule has 0 radical (unpaired) electrons. The average Bonchev–Trinajstić information content (AvgIpc) is 3.23. The fourth-order valence-corrected chi connectivity index (χ4v) is 8.13. The molecule has 0 aliphatic heterocycles. The van der Waals surface area contributed by atoms with Crippen molar-refractivity contribution in [3.05, 3.63) is 0 Å². The highest BCUT2D eigenvalue weighted by atomic mass is 16.6. The Kier molecular flexibility index (Phi) is 45.7. The van der Waals surface area contributed by atoms with Gasteiger partial charge in [0.25, 0.3) is 0 Å². The Morgan fingerprint density at radius 2 is 0.633 bits per heavy atom. The predicted molar refractivity (Wildman–Crippen MR) is 256 cm³/mol. The average molecular weight is 849 g/mol. The van der Waals surface area contributed by atoms with E-state index < -0.39 is 6.10 Å². The van der Waals surface area contributed by atoms with E-state index in [4.69, 9.17) is 14.2 Å². The molecule has 0 fully saturated rings. The first-order chi connectivity index (χ1) is 29.3. The van der Waals surface area contributed by atoms with Crippen LogP contribution in [0, 0.1) is 11.8 Å². The van der Waals surface area contributed by atoms with Crippen LogP contribution in [0.15, 0.2) is 0 Å². The molecule has 0 spiro atoms. The zero-order valence-electron chi connectivity index (χ0n) is 41.1. The third-order valence-corrected chi connectivity index (χ3v) is 12.6. The van der Waals surface area contributed by atoms with Crippen molar-refractivity contribution in [1.29, 1.82) is 0 Å². The summed E-state index contributed by atoms with van der Waals surface area (Å²) in [5.74, 6) is 0.849. The molecule has 0 aliphatic carbocycles. The molecule has 0 saturated heterocycles. The summed E-state index contributed by atoms with van der Waals surface area (Å²) >= 11 is 0. The number of rotatable bonds is 48. The fraction of sp³-hybridized carbons (Fsp3) is 0.944. The number of carbonyl (C=O) groups excluding carboxylic acids is 3. The Labute approximate surface area is 374 Å². The van der Waals surface area contributed by atoms with Crippen LogP contribution in [0.3, 0.4) is 0 Å². The number of esters is 3. The van der Waals surface area contributed by atoms with E-state index in [1.165, 1.54) is 186 Å². The first kappa shape index (κ1) is 58.4. The Hall–Kier alpha value is -1.59. The molecule has 356 valence electrons. The Morgan fingerprint density at radius 3 is 0.950 bits per heavy atom. The quantitative estimate of drug-likeness (QED) is 0.0345. The minimum atomic E-state index is -0.762. The zero-order chi connectivity index (χ0) is 44.0. The van der Waals surface area contributed by atoms with Crippen molar-refractivity contribution in [1.82, 2.24) is 0 Å². The van der Waals surface area contributed by atoms with E-state index in [2.05, 4.69) is 34.6 Å². The molecule has 1 unspecified atom stereocenters. The molecule has 0 aromatic rings. The molecule has 60 heavy (non-hydrogen) atoms. The minimum absolute atomic E-state index is 0.0634. The van der Waals surface area contributed by atoms with Crippen LogP contribution < -0.4 is 0 Å². The third kappa shape index (κ3) is 45.9. The van der Waals surface area contributed by atoms with Gasteiger partial charge < -0.3 is 14.2 Å². The van der Waals surface area contributed by atoms with E-state index in [-0.39, 0.29) is 31.1 Å². The lowest BCUT2D eigenvalue weighted by molar-refractivity contribution is -0.167. The molecule has 0 rings (SSSR count). The van der Waals surface area contributed by atoms with E-state index in [1.54, 1.807) is 0 Å². The Balaban J connectivity index is 4.33. The molecule has 0 N–H and O–H groups in total. The highest BCUT2D eigenvalue weighted by molar-refractivity contribution is 5.71. The van der Waals surface area contributed by atoms with Gasteiger partial charge in [-0.1, -0.05) is 259 Å². The van der Waals surface area contributed by atoms with Crippen molar-refractivity contribution in [3.8, 4) is 0 Å². The van der Waals surface area contributed by atoms with Crippen LogP contribution in [0.4, 0.5) is 0 Å². The van der Waals surface area contributed by atoms with Gasteiger partial charge in [0, 0.05) is 19.3 Å². The fourth-order valence-electron chi connectivity index (χ4n) is 8.13. The summed E-state index contributed by atoms with van der Waals surface area (Å²) in [6.45, 7) is 11.4. The molecule has 2 atom stereocenters. The smallest absolute Gasteiger partial charge is 0.306 e. The predicted octanol–water partition coefficient (Wildman–Crippen LogP) is 17.3. The number of hydrogen-bond acceptors (Lipinski definition) is 6. The SMILES string of the molecule is CCCCCCCCCCCCCCCCC(=O)OC[C@H](COC(=O)CCCCCCCCCCCCC(C)CC)OC(=O)CCCCCCCCCCCCCC(C)C. The standard InChI is InChI=1S/C54H104O6/c1-6-8-9-10-11-12-13-14-15-18-24-29-34-39-44-52(55)58-47-51(60-54(57)46-41-36-31-26-19-16-17-22-27-32-37-42-49(3)4)48-59-53(56)45-40-35-30-25-21-20-23-28-33-38-43-50(5)7-2/h49-51H,6-48H2,1-5H3/t50?,51-/m1/s1. The maximum atomic E-state index is 12.8. The number of unbranched alkanes of at least 4 members (excludes halogenated alkanes) is 32. The van der Waals surface area contributed by atoms with Gasteiger partial charge in [-0.2, -0.15) is 0 Å². The van der Waals surface area contributed by atoms with Crippen molar-refractivity contribution in [2.24, 2.45) is 11.8 Å². The van der Waals surface area contributed by atoms with Crippen molar-refractivity contribution < 1.29 is 28.6 Å². The van der Waals surface area contributed by atoms with Gasteiger partial charge in [0.1, 0.15) is 13.2 Å². The van der Waals surface area contributed by atoms with Crippen LogP contribution in [0.1, 0.15) is 298 Å². The van der Waals surface area contributed by atoms with Gasteiger partial charge in [-0.25, -0.2) is 0 Å². The summed E-state index contributed by atoms with van der Waals surface area (Å²) in [5.41, 5.74) is 0. The number of carbonyl (C=O) groups is 3. The highest BCUT2D eigenvalue weighted by Gasteiger charge is 2.19. The van der Waals surface area contributed by atoms with Crippen molar-refractivity contribution in [2.75, 3.05) is 13.2 Å². The Bertz CT molecular complexity index is 918. The summed E-state index contributed by atoms with van der Waals surface area (Å²) in [6.07, 6.45) is 47.9. The van der Waals surface area contributed by atoms with Crippen LogP contribution in [-0.4, -0.2) is 37.2 Å². The van der Waals surface area contributed by atoms with Crippen molar-refractivity contribution >= 4 is 17.9 Å². The summed E-state index contributed by atoms with van der Waals surface area (Å²) in [4.78, 5) is 38.0. The van der Waals surface area contributed by atoms with Crippen LogP contribution in [0.25, 0.3) is 0 Å². The summed E-state index contributed by atoms with van der Waals surface area (Å²) in [6, 6.07) is 0. The van der Waals surface area contributed by atoms with E-state index in [1.807, 2.05) is 0 Å². The first-order valence-corrected chi connectivity index (χ1v) is 26.8. The second kappa shape index (κ2) is 46.9. The van der Waals surface area contributed by atoms with Crippen molar-refractivity contribution in [2.45, 2.75) is 304 Å². The van der Waals surface area contributed by atoms with Gasteiger partial charge in [-0.3, -0.25) is 14.4 Å². The molecule has 0 aliphatic rings. The van der Waals surface area contributed by atoms with Gasteiger partial charge in [0.2, 0.25) is 0 Å². The molecule has 0 aromatic carbocycles. The minimum Gasteiger partial charge on any atom is -0.462 e. The second-order valence-corrected chi connectivity index (χ2v) is 19.2. The van der Waals surface area contributed by atoms with Crippen molar-refractivity contribution in [3.63, 3.8) is 0 Å². The van der Waals surface area contributed by atoms with E-state index >= 15 is 0 Å². The Morgan fingerprint density at radius 1 is 0.350 bits per heavy atom. The van der Waals surface area contributed by atoms with E-state index in [0.29, 0.717) is 19.3 Å². The summed E-state index contributed by atoms with van der Waals surface area (Å²) < 4.78 is 16.8. The van der Waals surface area contributed by atoms with Crippen LogP contribution in [0.5, 0.6) is 0 Å². The summed E-state index contributed by atoms with van der Waals surface area (Å²) in [7, 11) is 0. The van der Waals surface area contributed by atoms with Crippen LogP contribution >= 0.6 is 0 Å². The van der Waals surface area contributed by atoms with Crippen LogP contribution in [-0.2, 0) is 28.6 Å². The zero-order valence-corrected chi connectivity index (χ0v) is 41.1. The number of ether oxygens (including phenoxy) is 3. The maximum Gasteiger partial charge on any atom is 0.306 e. The normalized spacial score (nSPS) is 12.5. The lowest BCUT2D eigenvalue weighted by Gasteiger charge is -2.18. The van der Waals surface area contributed by atoms with Gasteiger partial charge in [-0.15, -0.1) is 0 Å². The molecular weight excluding hydrogens is 745 g/mol. The van der Waals surface area contributed by atoms with E-state index in [0.717, 1.165) is 69.6 Å². The molecule has 0 saturated carbocycles. The molecule has 0 aromatic heterocycles. The van der Waals surface area contributed by atoms with Gasteiger partial charge in [0.15, 0.2) is 6.10 Å². The third-order valence-electron chi connectivity index (χ3n) is 12.6. The van der Waals surface area contributed by atoms with E-state index in [9.17, 15) is 14.4 Å². The molecule has 0 bridgehead atoms. The molecule has 6 nitrogen and oxygen atoms in total. The lowest BCUT2D eigenvalue weighted by atomic mass is 9.99. The lowest BCUT2D eigenvalue weighted by Crippen LogP contribution is -2.30.